The van der Waals surface area contributed by atoms with Crippen LogP contribution in [0, 0.1) is 10.1 Å². The number of rotatable bonds is 6. The number of hydrogen-bond acceptors (Lipinski definition) is 4. The minimum atomic E-state index is -0.494. The maximum absolute atomic E-state index is 12.7. The molecular weight excluding hydrogens is 322 g/mol. The van der Waals surface area contributed by atoms with E-state index in [1.807, 2.05) is 28.8 Å². The van der Waals surface area contributed by atoms with Gasteiger partial charge < -0.3 is 14.6 Å². The van der Waals surface area contributed by atoms with Crippen molar-refractivity contribution in [2.24, 2.45) is 0 Å². The van der Waals surface area contributed by atoms with E-state index in [0.29, 0.717) is 24.4 Å². The number of carbonyl (C=O) groups is 1. The van der Waals surface area contributed by atoms with Gasteiger partial charge in [0.2, 0.25) is 0 Å². The Morgan fingerprint density at radius 3 is 2.80 bits per heavy atom. The molecule has 0 radical (unpaired) electrons. The van der Waals surface area contributed by atoms with E-state index in [1.54, 1.807) is 19.4 Å². The van der Waals surface area contributed by atoms with Crippen molar-refractivity contribution in [1.29, 1.82) is 0 Å². The molecule has 3 aromatic rings. The number of nitrogens with zero attached hydrogens (tertiary/aromatic N) is 2. The zero-order chi connectivity index (χ0) is 17.8. The third-order valence-corrected chi connectivity index (χ3v) is 3.88. The molecule has 0 aliphatic carbocycles. The normalized spacial score (nSPS) is 10.8. The molecule has 0 fully saturated rings. The minimum absolute atomic E-state index is 0.0691. The number of fused-ring (bicyclic) bond motifs is 1. The SMILES string of the molecule is COCCn1cc(C(=O)Nc2cccc([N+](=O)[O-])c2)c2ccccc21. The maximum atomic E-state index is 12.7. The van der Waals surface area contributed by atoms with Crippen molar-refractivity contribution in [2.75, 3.05) is 19.0 Å². The van der Waals surface area contributed by atoms with Crippen LogP contribution in [-0.4, -0.2) is 29.1 Å². The van der Waals surface area contributed by atoms with Crippen LogP contribution in [0.5, 0.6) is 0 Å². The van der Waals surface area contributed by atoms with Crippen molar-refractivity contribution >= 4 is 28.2 Å². The molecule has 2 aromatic carbocycles. The summed E-state index contributed by atoms with van der Waals surface area (Å²) in [6.45, 7) is 1.16. The third-order valence-electron chi connectivity index (χ3n) is 3.88. The summed E-state index contributed by atoms with van der Waals surface area (Å²) in [6.07, 6.45) is 1.77. The van der Waals surface area contributed by atoms with E-state index in [1.165, 1.54) is 18.2 Å². The Bertz CT molecular complexity index is 933. The molecule has 1 aromatic heterocycles. The Morgan fingerprint density at radius 1 is 1.24 bits per heavy atom. The Balaban J connectivity index is 1.92. The molecule has 0 aliphatic rings. The summed E-state index contributed by atoms with van der Waals surface area (Å²) < 4.78 is 7.07. The fourth-order valence-electron chi connectivity index (χ4n) is 2.70. The Labute approximate surface area is 144 Å². The van der Waals surface area contributed by atoms with Crippen molar-refractivity contribution in [3.63, 3.8) is 0 Å². The summed E-state index contributed by atoms with van der Waals surface area (Å²) in [5.41, 5.74) is 1.76. The van der Waals surface area contributed by atoms with Crippen LogP contribution in [0.2, 0.25) is 0 Å². The number of aromatic nitrogens is 1. The molecule has 3 rings (SSSR count). The largest absolute Gasteiger partial charge is 0.383 e. The zero-order valence-electron chi connectivity index (χ0n) is 13.6. The molecule has 0 saturated heterocycles. The average Bonchev–Trinajstić information content (AvgIpc) is 2.99. The summed E-state index contributed by atoms with van der Waals surface area (Å²) >= 11 is 0. The molecule has 0 spiro atoms. The Morgan fingerprint density at radius 2 is 2.04 bits per heavy atom. The van der Waals surface area contributed by atoms with Crippen molar-refractivity contribution in [3.8, 4) is 0 Å². The lowest BCUT2D eigenvalue weighted by atomic mass is 10.1. The number of amides is 1. The van der Waals surface area contributed by atoms with Gasteiger partial charge in [-0.1, -0.05) is 24.3 Å². The van der Waals surface area contributed by atoms with Gasteiger partial charge in [-0.3, -0.25) is 14.9 Å². The van der Waals surface area contributed by atoms with Crippen molar-refractivity contribution in [1.82, 2.24) is 4.57 Å². The topological polar surface area (TPSA) is 86.4 Å². The number of hydrogen-bond donors (Lipinski definition) is 1. The van der Waals surface area contributed by atoms with Gasteiger partial charge in [0.25, 0.3) is 11.6 Å². The Hall–Kier alpha value is -3.19. The van der Waals surface area contributed by atoms with Gasteiger partial charge in [0.1, 0.15) is 0 Å². The lowest BCUT2D eigenvalue weighted by molar-refractivity contribution is -0.384. The molecule has 0 bridgehead atoms. The average molecular weight is 339 g/mol. The fraction of sp³-hybridized carbons (Fsp3) is 0.167. The molecule has 0 saturated carbocycles. The number of nitro groups is 1. The van der Waals surface area contributed by atoms with Crippen LogP contribution in [0.3, 0.4) is 0 Å². The van der Waals surface area contributed by atoms with E-state index in [9.17, 15) is 14.9 Å². The molecular formula is C18H17N3O4. The highest BCUT2D eigenvalue weighted by Gasteiger charge is 2.16. The van der Waals surface area contributed by atoms with Crippen LogP contribution in [0.25, 0.3) is 10.9 Å². The molecule has 25 heavy (non-hydrogen) atoms. The Kier molecular flexibility index (Phi) is 4.76. The third kappa shape index (κ3) is 3.51. The highest BCUT2D eigenvalue weighted by molar-refractivity contribution is 6.13. The molecule has 1 N–H and O–H groups in total. The number of ether oxygens (including phenoxy) is 1. The molecule has 0 aliphatic heterocycles. The number of nitro benzene ring substituents is 1. The summed E-state index contributed by atoms with van der Waals surface area (Å²) in [5.74, 6) is -0.312. The van der Waals surface area contributed by atoms with Crippen molar-refractivity contribution in [2.45, 2.75) is 6.54 Å². The van der Waals surface area contributed by atoms with Crippen LogP contribution in [0.15, 0.2) is 54.7 Å². The standard InChI is InChI=1S/C18H17N3O4/c1-25-10-9-20-12-16(15-7-2-3-8-17(15)20)18(22)19-13-5-4-6-14(11-13)21(23)24/h2-8,11-12H,9-10H2,1H3,(H,19,22). The van der Waals surface area contributed by atoms with E-state index >= 15 is 0 Å². The van der Waals surface area contributed by atoms with Gasteiger partial charge in [-0.05, 0) is 12.1 Å². The second-order valence-corrected chi connectivity index (χ2v) is 5.51. The number of benzene rings is 2. The second-order valence-electron chi connectivity index (χ2n) is 5.51. The van der Waals surface area contributed by atoms with Crippen molar-refractivity contribution < 1.29 is 14.5 Å². The molecule has 0 atom stereocenters. The summed E-state index contributed by atoms with van der Waals surface area (Å²) in [4.78, 5) is 23.0. The zero-order valence-corrected chi connectivity index (χ0v) is 13.6. The summed E-state index contributed by atoms with van der Waals surface area (Å²) in [7, 11) is 1.63. The van der Waals surface area contributed by atoms with Gasteiger partial charge in [-0.15, -0.1) is 0 Å². The second kappa shape index (κ2) is 7.14. The van der Waals surface area contributed by atoms with Crippen LogP contribution >= 0.6 is 0 Å². The number of anilines is 1. The first kappa shape index (κ1) is 16.7. The number of methoxy groups -OCH3 is 1. The molecule has 0 unspecified atom stereocenters. The predicted octanol–water partition coefficient (Wildman–Crippen LogP) is 3.45. The first-order chi connectivity index (χ1) is 12.1. The quantitative estimate of drug-likeness (QED) is 0.550. The van der Waals surface area contributed by atoms with Gasteiger partial charge in [-0.25, -0.2) is 0 Å². The predicted molar refractivity (Wildman–Crippen MR) is 94.9 cm³/mol. The van der Waals surface area contributed by atoms with Crippen LogP contribution < -0.4 is 5.32 Å². The minimum Gasteiger partial charge on any atom is -0.383 e. The molecule has 1 amide bonds. The van der Waals surface area contributed by atoms with E-state index in [-0.39, 0.29) is 11.6 Å². The van der Waals surface area contributed by atoms with Crippen LogP contribution in [-0.2, 0) is 11.3 Å². The van der Waals surface area contributed by atoms with Crippen LogP contribution in [0.1, 0.15) is 10.4 Å². The van der Waals surface area contributed by atoms with Gasteiger partial charge >= 0.3 is 0 Å². The molecule has 1 heterocycles. The van der Waals surface area contributed by atoms with E-state index in [0.717, 1.165) is 10.9 Å². The monoisotopic (exact) mass is 339 g/mol. The number of nitrogens with one attached hydrogen (secondary N) is 1. The highest BCUT2D eigenvalue weighted by atomic mass is 16.6. The lowest BCUT2D eigenvalue weighted by Crippen LogP contribution is -2.11. The maximum Gasteiger partial charge on any atom is 0.271 e. The first-order valence-corrected chi connectivity index (χ1v) is 7.73. The smallest absolute Gasteiger partial charge is 0.271 e. The van der Waals surface area contributed by atoms with E-state index in [4.69, 9.17) is 4.74 Å². The van der Waals surface area contributed by atoms with Crippen molar-refractivity contribution in [3.05, 3.63) is 70.4 Å². The van der Waals surface area contributed by atoms with Gasteiger partial charge in [0, 0.05) is 48.6 Å². The molecule has 128 valence electrons. The van der Waals surface area contributed by atoms with E-state index < -0.39 is 4.92 Å². The molecule has 7 heteroatoms. The fourth-order valence-corrected chi connectivity index (χ4v) is 2.70. The van der Waals surface area contributed by atoms with Crippen LogP contribution in [0.4, 0.5) is 11.4 Å². The van der Waals surface area contributed by atoms with Gasteiger partial charge in [0.15, 0.2) is 0 Å². The number of carbonyl (C=O) groups excluding carboxylic acids is 1. The highest BCUT2D eigenvalue weighted by Crippen LogP contribution is 2.23. The number of para-hydroxylation sites is 1. The number of non-ortho nitro benzene ring substituents is 1. The lowest BCUT2D eigenvalue weighted by Gasteiger charge is -2.04. The summed E-state index contributed by atoms with van der Waals surface area (Å²) in [5, 5.41) is 14.4. The molecule has 7 nitrogen and oxygen atoms in total. The van der Waals surface area contributed by atoms with E-state index in [2.05, 4.69) is 5.32 Å². The van der Waals surface area contributed by atoms with Gasteiger partial charge in [-0.2, -0.15) is 0 Å². The summed E-state index contributed by atoms with van der Waals surface area (Å²) in [6, 6.07) is 13.5. The van der Waals surface area contributed by atoms with Gasteiger partial charge in [0.05, 0.1) is 17.1 Å². The first-order valence-electron chi connectivity index (χ1n) is 7.73.